The molecule has 1 aromatic rings. The molecule has 0 spiro atoms. The molecule has 6 nitrogen and oxygen atoms in total. The molecule has 0 aromatic carbocycles. The molecule has 1 heterocycles. The lowest BCUT2D eigenvalue weighted by Gasteiger charge is -2.12. The van der Waals surface area contributed by atoms with Crippen molar-refractivity contribution >= 4 is 11.6 Å². The number of carbonyl (C=O) groups excluding carboxylic acids is 1. The highest BCUT2D eigenvalue weighted by Gasteiger charge is 2.35. The van der Waals surface area contributed by atoms with Gasteiger partial charge in [0, 0.05) is 6.54 Å². The van der Waals surface area contributed by atoms with Gasteiger partial charge in [0.05, 0.1) is 17.4 Å². The van der Waals surface area contributed by atoms with Crippen LogP contribution in [0.3, 0.4) is 0 Å². The van der Waals surface area contributed by atoms with Crippen molar-refractivity contribution in [3.05, 3.63) is 23.5 Å². The van der Waals surface area contributed by atoms with Crippen molar-refractivity contribution in [1.82, 2.24) is 4.98 Å². The third-order valence-electron chi connectivity index (χ3n) is 2.09. The predicted octanol–water partition coefficient (Wildman–Crippen LogP) is 0.230. The minimum Gasteiger partial charge on any atom is -0.382 e. The molecule has 1 atom stereocenters. The number of nitriles is 1. The van der Waals surface area contributed by atoms with Crippen LogP contribution < -0.4 is 11.1 Å². The van der Waals surface area contributed by atoms with Crippen LogP contribution in [0, 0.1) is 11.3 Å². The van der Waals surface area contributed by atoms with E-state index in [0.29, 0.717) is 6.07 Å². The molecular formula is C10H9F3N4O2. The second-order valence-corrected chi connectivity index (χ2v) is 3.47. The number of amides is 1. The molecule has 4 N–H and O–H groups in total. The van der Waals surface area contributed by atoms with E-state index >= 15 is 0 Å². The maximum absolute atomic E-state index is 12.6. The van der Waals surface area contributed by atoms with Crippen LogP contribution in [0.15, 0.2) is 12.3 Å². The molecule has 0 unspecified atom stereocenters. The highest BCUT2D eigenvalue weighted by atomic mass is 19.4. The van der Waals surface area contributed by atoms with Crippen LogP contribution >= 0.6 is 0 Å². The van der Waals surface area contributed by atoms with E-state index in [2.05, 4.69) is 4.98 Å². The summed E-state index contributed by atoms with van der Waals surface area (Å²) in [6.07, 6.45) is -5.43. The van der Waals surface area contributed by atoms with Gasteiger partial charge in [-0.2, -0.15) is 18.4 Å². The number of anilines is 1. The zero-order valence-corrected chi connectivity index (χ0v) is 9.40. The molecule has 0 aliphatic carbocycles. The Kier molecular flexibility index (Phi) is 4.42. The first-order chi connectivity index (χ1) is 8.79. The molecule has 1 aromatic heterocycles. The number of halogens is 3. The maximum Gasteiger partial charge on any atom is 0.419 e. The number of hydrogen-bond donors (Lipinski definition) is 3. The number of nitrogens with one attached hydrogen (secondary N) is 1. The van der Waals surface area contributed by atoms with Crippen molar-refractivity contribution < 1.29 is 23.1 Å². The topological polar surface area (TPSA) is 112 Å². The number of aliphatic hydroxyl groups is 1. The van der Waals surface area contributed by atoms with E-state index in [-0.39, 0.29) is 12.2 Å². The van der Waals surface area contributed by atoms with E-state index in [1.807, 2.05) is 5.32 Å². The molecule has 19 heavy (non-hydrogen) atoms. The summed E-state index contributed by atoms with van der Waals surface area (Å²) in [4.78, 5) is 14.5. The summed E-state index contributed by atoms with van der Waals surface area (Å²) in [7, 11) is 0. The molecule has 0 saturated heterocycles. The summed E-state index contributed by atoms with van der Waals surface area (Å²) < 4.78 is 37.8. The Balaban J connectivity index is 3.07. The van der Waals surface area contributed by atoms with E-state index in [4.69, 9.17) is 16.1 Å². The fraction of sp³-hybridized carbons (Fsp3) is 0.300. The highest BCUT2D eigenvalue weighted by Crippen LogP contribution is 2.32. The quantitative estimate of drug-likeness (QED) is 0.730. The Morgan fingerprint density at radius 3 is 2.74 bits per heavy atom. The predicted molar refractivity (Wildman–Crippen MR) is 57.6 cm³/mol. The standard InChI is InChI=1S/C10H9F3N4O2/c11-10(12,13)6-1-5(4-16-7(6)2-14)17-9(19)8(18)3-15/h1,4,8,18H,3,15H2,(H,17,19)/t8-/m0/s1. The summed E-state index contributed by atoms with van der Waals surface area (Å²) in [5.74, 6) is -0.956. The van der Waals surface area contributed by atoms with Crippen LogP contribution in [-0.2, 0) is 11.0 Å². The van der Waals surface area contributed by atoms with Gasteiger partial charge < -0.3 is 16.2 Å². The van der Waals surface area contributed by atoms with Crippen LogP contribution in [-0.4, -0.2) is 28.6 Å². The van der Waals surface area contributed by atoms with Gasteiger partial charge in [-0.25, -0.2) is 4.98 Å². The number of hydrogen-bond acceptors (Lipinski definition) is 5. The third kappa shape index (κ3) is 3.64. The fourth-order valence-corrected chi connectivity index (χ4v) is 1.17. The van der Waals surface area contributed by atoms with Gasteiger partial charge in [-0.1, -0.05) is 0 Å². The zero-order chi connectivity index (χ0) is 14.6. The van der Waals surface area contributed by atoms with E-state index in [0.717, 1.165) is 6.20 Å². The van der Waals surface area contributed by atoms with E-state index in [1.54, 1.807) is 0 Å². The van der Waals surface area contributed by atoms with Crippen molar-refractivity contribution in [2.24, 2.45) is 5.73 Å². The van der Waals surface area contributed by atoms with Crippen LogP contribution in [0.25, 0.3) is 0 Å². The first-order valence-corrected chi connectivity index (χ1v) is 4.96. The lowest BCUT2D eigenvalue weighted by molar-refractivity contribution is -0.138. The molecule has 0 aliphatic heterocycles. The van der Waals surface area contributed by atoms with Crippen LogP contribution in [0.2, 0.25) is 0 Å². The lowest BCUT2D eigenvalue weighted by Crippen LogP contribution is -2.34. The molecule has 1 amide bonds. The van der Waals surface area contributed by atoms with Crippen molar-refractivity contribution in [1.29, 1.82) is 5.26 Å². The molecule has 102 valence electrons. The second kappa shape index (κ2) is 5.64. The minimum atomic E-state index is -4.77. The zero-order valence-electron chi connectivity index (χ0n) is 9.40. The smallest absolute Gasteiger partial charge is 0.382 e. The summed E-state index contributed by atoms with van der Waals surface area (Å²) in [5.41, 5.74) is 2.66. The average Bonchev–Trinajstić information content (AvgIpc) is 2.36. The number of pyridine rings is 1. The second-order valence-electron chi connectivity index (χ2n) is 3.47. The van der Waals surface area contributed by atoms with Crippen molar-refractivity contribution in [2.75, 3.05) is 11.9 Å². The molecule has 9 heteroatoms. The van der Waals surface area contributed by atoms with Crippen LogP contribution in [0.1, 0.15) is 11.3 Å². The van der Waals surface area contributed by atoms with Gasteiger partial charge in [-0.3, -0.25) is 4.79 Å². The number of rotatable bonds is 3. The van der Waals surface area contributed by atoms with Gasteiger partial charge in [0.25, 0.3) is 5.91 Å². The largest absolute Gasteiger partial charge is 0.419 e. The normalized spacial score (nSPS) is 12.6. The maximum atomic E-state index is 12.6. The van der Waals surface area contributed by atoms with Gasteiger partial charge in [0.2, 0.25) is 0 Å². The van der Waals surface area contributed by atoms with E-state index in [9.17, 15) is 18.0 Å². The molecular weight excluding hydrogens is 265 g/mol. The van der Waals surface area contributed by atoms with Gasteiger partial charge in [0.1, 0.15) is 12.2 Å². The lowest BCUT2D eigenvalue weighted by atomic mass is 10.2. The van der Waals surface area contributed by atoms with E-state index < -0.39 is 29.4 Å². The van der Waals surface area contributed by atoms with Gasteiger partial charge >= 0.3 is 6.18 Å². The van der Waals surface area contributed by atoms with Crippen LogP contribution in [0.5, 0.6) is 0 Å². The van der Waals surface area contributed by atoms with Crippen molar-refractivity contribution in [3.8, 4) is 6.07 Å². The first-order valence-electron chi connectivity index (χ1n) is 4.96. The number of aromatic nitrogens is 1. The minimum absolute atomic E-state index is 0.288. The molecule has 0 aliphatic rings. The van der Waals surface area contributed by atoms with E-state index in [1.165, 1.54) is 6.07 Å². The van der Waals surface area contributed by atoms with Crippen molar-refractivity contribution in [3.63, 3.8) is 0 Å². The van der Waals surface area contributed by atoms with Crippen LogP contribution in [0.4, 0.5) is 18.9 Å². The first kappa shape index (κ1) is 14.9. The Morgan fingerprint density at radius 1 is 1.63 bits per heavy atom. The average molecular weight is 274 g/mol. The highest BCUT2D eigenvalue weighted by molar-refractivity contribution is 5.94. The molecule has 0 bridgehead atoms. The van der Waals surface area contributed by atoms with Gasteiger partial charge in [0.15, 0.2) is 5.69 Å². The summed E-state index contributed by atoms with van der Waals surface area (Å²) in [6, 6.07) is 1.87. The Labute approximate surface area is 105 Å². The number of alkyl halides is 3. The number of carbonyl (C=O) groups is 1. The monoisotopic (exact) mass is 274 g/mol. The fourth-order valence-electron chi connectivity index (χ4n) is 1.17. The third-order valence-corrected chi connectivity index (χ3v) is 2.09. The number of nitrogens with two attached hydrogens (primary N) is 1. The number of nitrogens with zero attached hydrogens (tertiary/aromatic N) is 2. The molecule has 0 fully saturated rings. The Hall–Kier alpha value is -2.18. The molecule has 1 rings (SSSR count). The Morgan fingerprint density at radius 2 is 2.26 bits per heavy atom. The van der Waals surface area contributed by atoms with Gasteiger partial charge in [-0.05, 0) is 6.07 Å². The Bertz CT molecular complexity index is 524. The van der Waals surface area contributed by atoms with Gasteiger partial charge in [-0.15, -0.1) is 0 Å². The summed E-state index contributed by atoms with van der Waals surface area (Å²) in [5, 5.41) is 19.6. The SMILES string of the molecule is N#Cc1ncc(NC(=O)[C@@H](O)CN)cc1C(F)(F)F. The molecule has 0 saturated carbocycles. The summed E-state index contributed by atoms with van der Waals surface area (Å²) in [6.45, 7) is -0.373. The molecule has 0 radical (unpaired) electrons. The van der Waals surface area contributed by atoms with Crippen molar-refractivity contribution in [2.45, 2.75) is 12.3 Å². The summed E-state index contributed by atoms with van der Waals surface area (Å²) >= 11 is 0. The number of aliphatic hydroxyl groups excluding tert-OH is 1.